The Kier molecular flexibility index (Phi) is 3.87. The summed E-state index contributed by atoms with van der Waals surface area (Å²) in [4.78, 5) is 27.1. The molecule has 1 N–H and O–H groups in total. The number of rotatable bonds is 2. The molecule has 20 heavy (non-hydrogen) atoms. The Balaban J connectivity index is 2.36. The molecule has 0 aromatic carbocycles. The summed E-state index contributed by atoms with van der Waals surface area (Å²) in [7, 11) is 0. The molecule has 1 heterocycles. The predicted octanol–water partition coefficient (Wildman–Crippen LogP) is 2.47. The lowest BCUT2D eigenvalue weighted by Gasteiger charge is -2.52. The molecule has 4 heteroatoms. The molecule has 1 aliphatic heterocycles. The van der Waals surface area contributed by atoms with Crippen LogP contribution >= 0.6 is 0 Å². The first-order valence-corrected chi connectivity index (χ1v) is 7.88. The minimum atomic E-state index is -0.739. The molecular formula is C16H28N2O2. The summed E-state index contributed by atoms with van der Waals surface area (Å²) in [6.45, 7) is 10.1. The lowest BCUT2D eigenvalue weighted by molar-refractivity contribution is -0.161. The third-order valence-electron chi connectivity index (χ3n) is 5.40. The zero-order valence-corrected chi connectivity index (χ0v) is 13.5. The van der Waals surface area contributed by atoms with E-state index in [1.54, 1.807) is 0 Å². The van der Waals surface area contributed by atoms with Gasteiger partial charge in [0.25, 0.3) is 0 Å². The average molecular weight is 280 g/mol. The maximum Gasteiger partial charge on any atom is 0.248 e. The molecule has 3 unspecified atom stereocenters. The summed E-state index contributed by atoms with van der Waals surface area (Å²) >= 11 is 0. The van der Waals surface area contributed by atoms with Crippen LogP contribution in [0.1, 0.15) is 66.7 Å². The first kappa shape index (κ1) is 15.3. The van der Waals surface area contributed by atoms with Crippen molar-refractivity contribution in [2.45, 2.75) is 84.3 Å². The van der Waals surface area contributed by atoms with Crippen molar-refractivity contribution in [1.29, 1.82) is 0 Å². The summed E-state index contributed by atoms with van der Waals surface area (Å²) in [5, 5.41) is 2.91. The van der Waals surface area contributed by atoms with E-state index in [2.05, 4.69) is 19.2 Å². The highest BCUT2D eigenvalue weighted by Gasteiger charge is 2.50. The van der Waals surface area contributed by atoms with Gasteiger partial charge in [0, 0.05) is 6.04 Å². The highest BCUT2D eigenvalue weighted by molar-refractivity contribution is 5.99. The predicted molar refractivity (Wildman–Crippen MR) is 79.2 cm³/mol. The van der Waals surface area contributed by atoms with E-state index in [0.717, 1.165) is 19.3 Å². The highest BCUT2D eigenvalue weighted by atomic mass is 16.2. The van der Waals surface area contributed by atoms with Crippen molar-refractivity contribution in [3.63, 3.8) is 0 Å². The van der Waals surface area contributed by atoms with Crippen LogP contribution < -0.4 is 5.32 Å². The standard InChI is InChI=1S/C16H28N2O2/c1-6-16(5)14(20)18(11(2)13(19)17-16)12-9-7-8-10-15(12,3)4/h11-12H,6-10H2,1-5H3,(H,17,19). The first-order chi connectivity index (χ1) is 9.23. The third kappa shape index (κ3) is 2.33. The van der Waals surface area contributed by atoms with Crippen molar-refractivity contribution in [2.24, 2.45) is 5.41 Å². The molecule has 1 aliphatic carbocycles. The maximum atomic E-state index is 12.9. The fourth-order valence-electron chi connectivity index (χ4n) is 3.66. The zero-order valence-electron chi connectivity index (χ0n) is 13.5. The van der Waals surface area contributed by atoms with Crippen molar-refractivity contribution in [1.82, 2.24) is 10.2 Å². The topological polar surface area (TPSA) is 49.4 Å². The van der Waals surface area contributed by atoms with Crippen LogP contribution in [0.5, 0.6) is 0 Å². The third-order valence-corrected chi connectivity index (χ3v) is 5.40. The number of nitrogens with one attached hydrogen (secondary N) is 1. The van der Waals surface area contributed by atoms with Crippen molar-refractivity contribution >= 4 is 11.8 Å². The zero-order chi connectivity index (χ0) is 15.1. The Morgan fingerprint density at radius 3 is 2.45 bits per heavy atom. The van der Waals surface area contributed by atoms with E-state index in [-0.39, 0.29) is 29.3 Å². The molecule has 3 atom stereocenters. The SMILES string of the molecule is CCC1(C)NC(=O)C(C)N(C2CCCCC2(C)C)C1=O. The summed E-state index contributed by atoms with van der Waals surface area (Å²) in [6, 6.07) is -0.180. The molecule has 0 spiro atoms. The van der Waals surface area contributed by atoms with Crippen molar-refractivity contribution in [3.05, 3.63) is 0 Å². The fourth-order valence-corrected chi connectivity index (χ4v) is 3.66. The molecule has 2 rings (SSSR count). The van der Waals surface area contributed by atoms with Crippen molar-refractivity contribution < 1.29 is 9.59 Å². The second-order valence-electron chi connectivity index (χ2n) is 7.31. The number of piperazine rings is 1. The lowest BCUT2D eigenvalue weighted by Crippen LogP contribution is -2.71. The summed E-state index contributed by atoms with van der Waals surface area (Å²) < 4.78 is 0. The van der Waals surface area contributed by atoms with Crippen LogP contribution in [0.15, 0.2) is 0 Å². The van der Waals surface area contributed by atoms with Gasteiger partial charge in [-0.15, -0.1) is 0 Å². The Bertz CT molecular complexity index is 419. The second kappa shape index (κ2) is 5.05. The molecule has 0 radical (unpaired) electrons. The number of amides is 2. The van der Waals surface area contributed by atoms with Crippen LogP contribution in [0.2, 0.25) is 0 Å². The van der Waals surface area contributed by atoms with Crippen LogP contribution in [0.3, 0.4) is 0 Å². The Labute approximate surface area is 122 Å². The van der Waals surface area contributed by atoms with Gasteiger partial charge in [-0.3, -0.25) is 9.59 Å². The van der Waals surface area contributed by atoms with Gasteiger partial charge in [-0.2, -0.15) is 0 Å². The van der Waals surface area contributed by atoms with E-state index >= 15 is 0 Å². The molecule has 4 nitrogen and oxygen atoms in total. The van der Waals surface area contributed by atoms with E-state index in [4.69, 9.17) is 0 Å². The van der Waals surface area contributed by atoms with Crippen LogP contribution in [0.4, 0.5) is 0 Å². The molecule has 0 aromatic rings. The van der Waals surface area contributed by atoms with E-state index in [1.807, 2.05) is 25.7 Å². The molecule has 2 fully saturated rings. The van der Waals surface area contributed by atoms with Gasteiger partial charge < -0.3 is 10.2 Å². The smallest absolute Gasteiger partial charge is 0.248 e. The van der Waals surface area contributed by atoms with Crippen LogP contribution in [-0.4, -0.2) is 34.3 Å². The minimum Gasteiger partial charge on any atom is -0.340 e. The van der Waals surface area contributed by atoms with Gasteiger partial charge in [-0.1, -0.05) is 33.6 Å². The Hall–Kier alpha value is -1.06. The monoisotopic (exact) mass is 280 g/mol. The number of carbonyl (C=O) groups is 2. The van der Waals surface area contributed by atoms with Gasteiger partial charge in [-0.05, 0) is 38.5 Å². The fraction of sp³-hybridized carbons (Fsp3) is 0.875. The number of nitrogens with zero attached hydrogens (tertiary/aromatic N) is 1. The lowest BCUT2D eigenvalue weighted by atomic mass is 9.71. The molecular weight excluding hydrogens is 252 g/mol. The van der Waals surface area contributed by atoms with Gasteiger partial charge in [-0.25, -0.2) is 0 Å². The largest absolute Gasteiger partial charge is 0.340 e. The first-order valence-electron chi connectivity index (χ1n) is 7.88. The van der Waals surface area contributed by atoms with Crippen LogP contribution in [-0.2, 0) is 9.59 Å². The van der Waals surface area contributed by atoms with Gasteiger partial charge in [0.2, 0.25) is 11.8 Å². The van der Waals surface area contributed by atoms with Gasteiger partial charge in [0.05, 0.1) is 0 Å². The summed E-state index contributed by atoms with van der Waals surface area (Å²) in [5.41, 5.74) is -0.647. The normalized spacial score (nSPS) is 37.8. The molecule has 2 aliphatic rings. The van der Waals surface area contributed by atoms with Crippen molar-refractivity contribution in [2.75, 3.05) is 0 Å². The van der Waals surface area contributed by atoms with E-state index in [0.29, 0.717) is 6.42 Å². The molecule has 2 amide bonds. The van der Waals surface area contributed by atoms with Gasteiger partial charge in [0.15, 0.2) is 0 Å². The van der Waals surface area contributed by atoms with Crippen LogP contribution in [0.25, 0.3) is 0 Å². The second-order valence-corrected chi connectivity index (χ2v) is 7.31. The molecule has 114 valence electrons. The molecule has 1 saturated heterocycles. The number of carbonyl (C=O) groups excluding carboxylic acids is 2. The molecule has 0 bridgehead atoms. The van der Waals surface area contributed by atoms with Gasteiger partial charge in [0.1, 0.15) is 11.6 Å². The summed E-state index contributed by atoms with van der Waals surface area (Å²) in [6.07, 6.45) is 5.13. The number of hydrogen-bond donors (Lipinski definition) is 1. The maximum absolute atomic E-state index is 12.9. The highest BCUT2D eigenvalue weighted by Crippen LogP contribution is 2.41. The minimum absolute atomic E-state index is 0.0182. The summed E-state index contributed by atoms with van der Waals surface area (Å²) in [5.74, 6) is 0.0717. The van der Waals surface area contributed by atoms with E-state index in [9.17, 15) is 9.59 Å². The average Bonchev–Trinajstić information content (AvgIpc) is 2.38. The van der Waals surface area contributed by atoms with Gasteiger partial charge >= 0.3 is 0 Å². The molecule has 0 aromatic heterocycles. The van der Waals surface area contributed by atoms with Crippen LogP contribution in [0, 0.1) is 5.41 Å². The van der Waals surface area contributed by atoms with E-state index in [1.165, 1.54) is 6.42 Å². The van der Waals surface area contributed by atoms with Crippen molar-refractivity contribution in [3.8, 4) is 0 Å². The number of hydrogen-bond acceptors (Lipinski definition) is 2. The Morgan fingerprint density at radius 1 is 1.25 bits per heavy atom. The van der Waals surface area contributed by atoms with E-state index < -0.39 is 5.54 Å². The quantitative estimate of drug-likeness (QED) is 0.844. The Morgan fingerprint density at radius 2 is 1.90 bits per heavy atom. The molecule has 1 saturated carbocycles.